The summed E-state index contributed by atoms with van der Waals surface area (Å²) in [7, 11) is 0. The van der Waals surface area contributed by atoms with Crippen molar-refractivity contribution < 1.29 is 0 Å². The predicted octanol–water partition coefficient (Wildman–Crippen LogP) is 2.50. The van der Waals surface area contributed by atoms with Gasteiger partial charge in [0.1, 0.15) is 0 Å². The molecular weight excluding hydrogens is 208 g/mol. The van der Waals surface area contributed by atoms with E-state index in [2.05, 4.69) is 35.8 Å². The summed E-state index contributed by atoms with van der Waals surface area (Å²) in [6.07, 6.45) is 6.66. The lowest BCUT2D eigenvalue weighted by molar-refractivity contribution is 0.391. The molecule has 2 fully saturated rings. The number of aryl methyl sites for hydroxylation is 1. The molecule has 2 aliphatic carbocycles. The van der Waals surface area contributed by atoms with Crippen LogP contribution in [0.1, 0.15) is 31.2 Å². The molecule has 1 aromatic carbocycles. The average Bonchev–Trinajstić information content (AvgIpc) is 2.86. The van der Waals surface area contributed by atoms with E-state index >= 15 is 0 Å². The number of hydrazine groups is 1. The molecule has 3 rings (SSSR count). The highest BCUT2D eigenvalue weighted by atomic mass is 15.2. The van der Waals surface area contributed by atoms with Gasteiger partial charge in [0.2, 0.25) is 0 Å². The first-order valence-corrected chi connectivity index (χ1v) is 6.90. The fourth-order valence-corrected chi connectivity index (χ4v) is 3.83. The van der Waals surface area contributed by atoms with Gasteiger partial charge in [-0.1, -0.05) is 36.8 Å². The van der Waals surface area contributed by atoms with Crippen molar-refractivity contribution in [2.75, 3.05) is 0 Å². The van der Waals surface area contributed by atoms with Gasteiger partial charge in [0.05, 0.1) is 0 Å². The Hall–Kier alpha value is -0.860. The summed E-state index contributed by atoms with van der Waals surface area (Å²) in [4.78, 5) is 0. The Kier molecular flexibility index (Phi) is 3.17. The zero-order valence-corrected chi connectivity index (χ0v) is 10.3. The second-order valence-electron chi connectivity index (χ2n) is 5.63. The Labute approximate surface area is 104 Å². The summed E-state index contributed by atoms with van der Waals surface area (Å²) >= 11 is 0. The monoisotopic (exact) mass is 230 g/mol. The molecule has 2 heteroatoms. The molecule has 0 amide bonds. The standard InChI is InChI=1S/C15H22N2/c16-17-14(15-12-7-4-8-13(12)15)10-9-11-5-2-1-3-6-11/h1-3,5-6,12-15,17H,4,7-10,16H2. The number of hydrogen-bond donors (Lipinski definition) is 2. The van der Waals surface area contributed by atoms with Gasteiger partial charge in [0.25, 0.3) is 0 Å². The Morgan fingerprint density at radius 2 is 1.88 bits per heavy atom. The van der Waals surface area contributed by atoms with E-state index < -0.39 is 0 Å². The van der Waals surface area contributed by atoms with Crippen LogP contribution in [0.3, 0.4) is 0 Å². The number of fused-ring (bicyclic) bond motifs is 1. The predicted molar refractivity (Wildman–Crippen MR) is 70.2 cm³/mol. The second-order valence-corrected chi connectivity index (χ2v) is 5.63. The number of benzene rings is 1. The van der Waals surface area contributed by atoms with Crippen molar-refractivity contribution in [2.24, 2.45) is 23.6 Å². The Morgan fingerprint density at radius 1 is 1.18 bits per heavy atom. The molecule has 0 spiro atoms. The minimum absolute atomic E-state index is 0.533. The van der Waals surface area contributed by atoms with Crippen LogP contribution in [0.2, 0.25) is 0 Å². The van der Waals surface area contributed by atoms with Crippen LogP contribution in [0.4, 0.5) is 0 Å². The normalized spacial score (nSPS) is 32.2. The lowest BCUT2D eigenvalue weighted by atomic mass is 9.98. The quantitative estimate of drug-likeness (QED) is 0.602. The fraction of sp³-hybridized carbons (Fsp3) is 0.600. The van der Waals surface area contributed by atoms with Crippen LogP contribution in [0, 0.1) is 17.8 Å². The highest BCUT2D eigenvalue weighted by molar-refractivity contribution is 5.15. The minimum Gasteiger partial charge on any atom is -0.271 e. The van der Waals surface area contributed by atoms with Gasteiger partial charge in [-0.2, -0.15) is 0 Å². The molecule has 0 aromatic heterocycles. The Bertz CT molecular complexity index is 352. The number of rotatable bonds is 5. The van der Waals surface area contributed by atoms with E-state index in [9.17, 15) is 0 Å². The van der Waals surface area contributed by atoms with Gasteiger partial charge in [0.15, 0.2) is 0 Å². The van der Waals surface area contributed by atoms with Crippen LogP contribution in [-0.2, 0) is 6.42 Å². The van der Waals surface area contributed by atoms with Gasteiger partial charge in [0, 0.05) is 6.04 Å². The van der Waals surface area contributed by atoms with Crippen molar-refractivity contribution in [1.29, 1.82) is 0 Å². The number of nitrogens with one attached hydrogen (secondary N) is 1. The SMILES string of the molecule is NNC(CCc1ccccc1)C1C2CCCC21. The molecule has 0 radical (unpaired) electrons. The van der Waals surface area contributed by atoms with Crippen LogP contribution < -0.4 is 11.3 Å². The molecule has 3 unspecified atom stereocenters. The van der Waals surface area contributed by atoms with E-state index in [0.717, 1.165) is 24.2 Å². The van der Waals surface area contributed by atoms with Crippen LogP contribution in [-0.4, -0.2) is 6.04 Å². The lowest BCUT2D eigenvalue weighted by Gasteiger charge is -2.17. The van der Waals surface area contributed by atoms with Crippen molar-refractivity contribution in [2.45, 2.75) is 38.1 Å². The molecule has 3 atom stereocenters. The maximum atomic E-state index is 5.73. The third kappa shape index (κ3) is 2.24. The first-order valence-electron chi connectivity index (χ1n) is 6.90. The topological polar surface area (TPSA) is 38.0 Å². The summed E-state index contributed by atoms with van der Waals surface area (Å²) in [5.74, 6) is 8.59. The first-order chi connectivity index (χ1) is 8.40. The number of hydrogen-bond acceptors (Lipinski definition) is 2. The van der Waals surface area contributed by atoms with Crippen LogP contribution in [0.5, 0.6) is 0 Å². The maximum Gasteiger partial charge on any atom is 0.0247 e. The van der Waals surface area contributed by atoms with Crippen LogP contribution in [0.25, 0.3) is 0 Å². The molecule has 0 saturated heterocycles. The van der Waals surface area contributed by atoms with Gasteiger partial charge in [-0.3, -0.25) is 11.3 Å². The highest BCUT2D eigenvalue weighted by Gasteiger charge is 2.55. The second kappa shape index (κ2) is 4.79. The molecule has 2 nitrogen and oxygen atoms in total. The molecule has 0 aliphatic heterocycles. The van der Waals surface area contributed by atoms with E-state index in [1.807, 2.05) is 0 Å². The zero-order valence-electron chi connectivity index (χ0n) is 10.3. The van der Waals surface area contributed by atoms with Crippen LogP contribution in [0.15, 0.2) is 30.3 Å². The summed E-state index contributed by atoms with van der Waals surface area (Å²) < 4.78 is 0. The van der Waals surface area contributed by atoms with Crippen molar-refractivity contribution >= 4 is 0 Å². The van der Waals surface area contributed by atoms with Crippen molar-refractivity contribution in [1.82, 2.24) is 5.43 Å². The Morgan fingerprint density at radius 3 is 2.53 bits per heavy atom. The Balaban J connectivity index is 1.53. The average molecular weight is 230 g/mol. The molecule has 17 heavy (non-hydrogen) atoms. The van der Waals surface area contributed by atoms with Gasteiger partial charge in [-0.05, 0) is 49.0 Å². The van der Waals surface area contributed by atoms with Crippen molar-refractivity contribution in [3.8, 4) is 0 Å². The zero-order chi connectivity index (χ0) is 11.7. The summed E-state index contributed by atoms with van der Waals surface area (Å²) in [5, 5.41) is 0. The third-order valence-corrected chi connectivity index (χ3v) is 4.74. The molecule has 0 bridgehead atoms. The summed E-state index contributed by atoms with van der Waals surface area (Å²) in [6, 6.07) is 11.3. The molecule has 2 aliphatic rings. The molecule has 0 heterocycles. The number of nitrogens with two attached hydrogens (primary N) is 1. The molecule has 2 saturated carbocycles. The van der Waals surface area contributed by atoms with E-state index in [4.69, 9.17) is 5.84 Å². The largest absolute Gasteiger partial charge is 0.271 e. The van der Waals surface area contributed by atoms with Gasteiger partial charge < -0.3 is 0 Å². The van der Waals surface area contributed by atoms with Crippen molar-refractivity contribution in [3.05, 3.63) is 35.9 Å². The van der Waals surface area contributed by atoms with Gasteiger partial charge in [-0.15, -0.1) is 0 Å². The van der Waals surface area contributed by atoms with Gasteiger partial charge >= 0.3 is 0 Å². The first kappa shape index (κ1) is 11.2. The summed E-state index contributed by atoms with van der Waals surface area (Å²) in [5.41, 5.74) is 4.49. The van der Waals surface area contributed by atoms with Gasteiger partial charge in [-0.25, -0.2) is 0 Å². The van der Waals surface area contributed by atoms with E-state index in [-0.39, 0.29) is 0 Å². The van der Waals surface area contributed by atoms with E-state index in [1.165, 1.54) is 31.2 Å². The minimum atomic E-state index is 0.533. The highest BCUT2D eigenvalue weighted by Crippen LogP contribution is 2.59. The van der Waals surface area contributed by atoms with E-state index in [1.54, 1.807) is 0 Å². The molecule has 92 valence electrons. The van der Waals surface area contributed by atoms with Crippen molar-refractivity contribution in [3.63, 3.8) is 0 Å². The van der Waals surface area contributed by atoms with E-state index in [0.29, 0.717) is 6.04 Å². The molecular formula is C15H22N2. The molecule has 3 N–H and O–H groups in total. The smallest absolute Gasteiger partial charge is 0.0247 e. The maximum absolute atomic E-state index is 5.73. The molecule has 1 aromatic rings. The summed E-state index contributed by atoms with van der Waals surface area (Å²) in [6.45, 7) is 0. The van der Waals surface area contributed by atoms with Crippen LogP contribution >= 0.6 is 0 Å². The third-order valence-electron chi connectivity index (χ3n) is 4.74. The fourth-order valence-electron chi connectivity index (χ4n) is 3.83. The lowest BCUT2D eigenvalue weighted by Crippen LogP contribution is -2.38.